The van der Waals surface area contributed by atoms with Gasteiger partial charge in [-0.2, -0.15) is 0 Å². The van der Waals surface area contributed by atoms with Crippen molar-refractivity contribution in [1.82, 2.24) is 0 Å². The lowest BCUT2D eigenvalue weighted by atomic mass is 9.79. The second kappa shape index (κ2) is 13.3. The molecule has 7 aromatic rings. The minimum atomic E-state index is -0.298. The number of para-hydroxylation sites is 1. The van der Waals surface area contributed by atoms with Crippen LogP contribution in [-0.2, 0) is 11.0 Å². The first-order chi connectivity index (χ1) is 23.8. The third kappa shape index (κ3) is 6.08. The molecular formula is C47H46N2. The van der Waals surface area contributed by atoms with E-state index in [1.807, 2.05) is 0 Å². The summed E-state index contributed by atoms with van der Waals surface area (Å²) in [5, 5.41) is 4.95. The molecule has 1 atom stereocenters. The summed E-state index contributed by atoms with van der Waals surface area (Å²) in [4.78, 5) is 4.92. The summed E-state index contributed by atoms with van der Waals surface area (Å²) < 4.78 is 0. The Morgan fingerprint density at radius 3 is 1.67 bits per heavy atom. The molecule has 244 valence electrons. The first-order valence-corrected chi connectivity index (χ1v) is 17.7. The normalized spacial score (nSPS) is 12.9. The van der Waals surface area contributed by atoms with Gasteiger partial charge in [0.15, 0.2) is 0 Å². The number of nitrogens with zero attached hydrogens (tertiary/aromatic N) is 2. The van der Waals surface area contributed by atoms with Gasteiger partial charge in [0.25, 0.3) is 0 Å². The van der Waals surface area contributed by atoms with Crippen LogP contribution in [0.3, 0.4) is 0 Å². The zero-order valence-corrected chi connectivity index (χ0v) is 29.4. The van der Waals surface area contributed by atoms with Crippen molar-refractivity contribution in [1.29, 1.82) is 0 Å². The molecule has 0 saturated heterocycles. The topological polar surface area (TPSA) is 6.48 Å². The summed E-state index contributed by atoms with van der Waals surface area (Å²) in [5.74, 6) is 0. The van der Waals surface area contributed by atoms with Gasteiger partial charge < -0.3 is 9.80 Å². The van der Waals surface area contributed by atoms with Gasteiger partial charge in [0, 0.05) is 28.1 Å². The minimum Gasteiger partial charge on any atom is -0.331 e. The van der Waals surface area contributed by atoms with Crippen LogP contribution in [0.5, 0.6) is 0 Å². The predicted octanol–water partition coefficient (Wildman–Crippen LogP) is 13.6. The minimum absolute atomic E-state index is 0.143. The monoisotopic (exact) mass is 638 g/mol. The number of anilines is 5. The fourth-order valence-corrected chi connectivity index (χ4v) is 7.17. The van der Waals surface area contributed by atoms with E-state index in [1.54, 1.807) is 0 Å². The van der Waals surface area contributed by atoms with Crippen LogP contribution in [0, 0.1) is 0 Å². The molecule has 7 rings (SSSR count). The molecule has 0 saturated carbocycles. The summed E-state index contributed by atoms with van der Waals surface area (Å²) in [6.07, 6.45) is 2.04. The molecule has 2 nitrogen and oxygen atoms in total. The number of hydrogen-bond acceptors (Lipinski definition) is 2. The van der Waals surface area contributed by atoms with Crippen molar-refractivity contribution in [3.05, 3.63) is 175 Å². The number of hydrogen-bond donors (Lipinski definition) is 0. The summed E-state index contributed by atoms with van der Waals surface area (Å²) in [6, 6.07) is 60.0. The molecule has 0 heterocycles. The third-order valence-electron chi connectivity index (χ3n) is 10.7. The molecular weight excluding hydrogens is 593 g/mol. The maximum Gasteiger partial charge on any atom is 0.0671 e. The van der Waals surface area contributed by atoms with Crippen molar-refractivity contribution in [3.8, 4) is 0 Å². The number of rotatable bonds is 10. The molecule has 0 N–H and O–H groups in total. The van der Waals surface area contributed by atoms with Gasteiger partial charge in [-0.05, 0) is 107 Å². The van der Waals surface area contributed by atoms with Gasteiger partial charge in [0.1, 0.15) is 0 Å². The molecule has 0 aliphatic rings. The number of benzene rings is 7. The van der Waals surface area contributed by atoms with Crippen LogP contribution in [0.25, 0.3) is 21.5 Å². The molecule has 1 unspecified atom stereocenters. The van der Waals surface area contributed by atoms with Gasteiger partial charge in [0.2, 0.25) is 0 Å². The van der Waals surface area contributed by atoms with E-state index in [1.165, 1.54) is 38.4 Å². The summed E-state index contributed by atoms with van der Waals surface area (Å²) >= 11 is 0. The zero-order valence-electron chi connectivity index (χ0n) is 29.4. The van der Waals surface area contributed by atoms with E-state index in [2.05, 4.69) is 208 Å². The van der Waals surface area contributed by atoms with Crippen LogP contribution < -0.4 is 9.80 Å². The van der Waals surface area contributed by atoms with Crippen LogP contribution in [-0.4, -0.2) is 0 Å². The first kappa shape index (κ1) is 32.2. The van der Waals surface area contributed by atoms with Crippen LogP contribution >= 0.6 is 0 Å². The molecule has 0 aliphatic heterocycles. The van der Waals surface area contributed by atoms with Crippen molar-refractivity contribution >= 4 is 50.0 Å². The van der Waals surface area contributed by atoms with Crippen molar-refractivity contribution in [3.63, 3.8) is 0 Å². The van der Waals surface area contributed by atoms with Crippen LogP contribution in [0.4, 0.5) is 28.4 Å². The van der Waals surface area contributed by atoms with E-state index >= 15 is 0 Å². The quantitative estimate of drug-likeness (QED) is 0.147. The average Bonchev–Trinajstić information content (AvgIpc) is 3.16. The Balaban J connectivity index is 1.37. The van der Waals surface area contributed by atoms with E-state index in [0.717, 1.165) is 35.6 Å². The number of fused-ring (bicyclic) bond motifs is 2. The molecule has 0 amide bonds. The van der Waals surface area contributed by atoms with E-state index in [4.69, 9.17) is 0 Å². The fourth-order valence-electron chi connectivity index (χ4n) is 7.17. The fraction of sp³-hybridized carbons (Fsp3) is 0.191. The standard InChI is InChI=1S/C47H46N2/c1-6-46(3,4)38-25-27-39(28-26-38)47(5,7-2)49(43-29-24-35-16-11-12-18-37(35)34-43)42-32-30-41(31-33-42)48(40-20-9-8-10-21-40)45-23-15-19-36-17-13-14-22-44(36)45/h8-34H,6-7H2,1-5H3. The summed E-state index contributed by atoms with van der Waals surface area (Å²) in [6.45, 7) is 11.6. The highest BCUT2D eigenvalue weighted by Gasteiger charge is 2.34. The van der Waals surface area contributed by atoms with E-state index in [-0.39, 0.29) is 11.0 Å². The molecule has 49 heavy (non-hydrogen) atoms. The summed E-state index contributed by atoms with van der Waals surface area (Å²) in [7, 11) is 0. The molecule has 0 radical (unpaired) electrons. The van der Waals surface area contributed by atoms with Crippen molar-refractivity contribution in [2.45, 2.75) is 58.4 Å². The van der Waals surface area contributed by atoms with Crippen molar-refractivity contribution in [2.24, 2.45) is 0 Å². The molecule has 0 fully saturated rings. The van der Waals surface area contributed by atoms with Crippen LogP contribution in [0.15, 0.2) is 164 Å². The molecule has 0 aliphatic carbocycles. The Kier molecular flexibility index (Phi) is 8.73. The largest absolute Gasteiger partial charge is 0.331 e. The SMILES string of the molecule is CCC(C)(C)c1ccc(C(C)(CC)N(c2ccc(N(c3ccccc3)c3cccc4ccccc34)cc2)c2ccc3ccccc3c2)cc1. The second-order valence-corrected chi connectivity index (χ2v) is 14.0. The van der Waals surface area contributed by atoms with Gasteiger partial charge in [-0.15, -0.1) is 0 Å². The molecule has 7 aromatic carbocycles. The zero-order chi connectivity index (χ0) is 34.0. The van der Waals surface area contributed by atoms with E-state index in [0.29, 0.717) is 0 Å². The first-order valence-electron chi connectivity index (χ1n) is 17.7. The van der Waals surface area contributed by atoms with Gasteiger partial charge in [-0.1, -0.05) is 137 Å². The van der Waals surface area contributed by atoms with Crippen LogP contribution in [0.2, 0.25) is 0 Å². The predicted molar refractivity (Wildman–Crippen MR) is 212 cm³/mol. The molecule has 0 aromatic heterocycles. The Hall–Kier alpha value is -5.34. The van der Waals surface area contributed by atoms with Gasteiger partial charge in [-0.25, -0.2) is 0 Å². The van der Waals surface area contributed by atoms with E-state index < -0.39 is 0 Å². The van der Waals surface area contributed by atoms with Gasteiger partial charge in [0.05, 0.1) is 11.2 Å². The van der Waals surface area contributed by atoms with Gasteiger partial charge in [-0.3, -0.25) is 0 Å². The molecule has 2 heteroatoms. The Morgan fingerprint density at radius 2 is 0.980 bits per heavy atom. The maximum atomic E-state index is 2.55. The smallest absolute Gasteiger partial charge is 0.0671 e. The maximum absolute atomic E-state index is 2.55. The molecule has 0 spiro atoms. The Morgan fingerprint density at radius 1 is 0.429 bits per heavy atom. The van der Waals surface area contributed by atoms with Crippen molar-refractivity contribution in [2.75, 3.05) is 9.80 Å². The third-order valence-corrected chi connectivity index (χ3v) is 10.7. The molecule has 0 bridgehead atoms. The highest BCUT2D eigenvalue weighted by Crippen LogP contribution is 2.45. The Bertz CT molecular complexity index is 2180. The average molecular weight is 639 g/mol. The van der Waals surface area contributed by atoms with Gasteiger partial charge >= 0.3 is 0 Å². The lowest BCUT2D eigenvalue weighted by Gasteiger charge is -2.44. The van der Waals surface area contributed by atoms with Crippen molar-refractivity contribution < 1.29 is 0 Å². The van der Waals surface area contributed by atoms with E-state index in [9.17, 15) is 0 Å². The Labute approximate surface area is 292 Å². The second-order valence-electron chi connectivity index (χ2n) is 14.0. The highest BCUT2D eigenvalue weighted by atomic mass is 15.2. The lowest BCUT2D eigenvalue weighted by Crippen LogP contribution is -2.40. The lowest BCUT2D eigenvalue weighted by molar-refractivity contribution is 0.462. The van der Waals surface area contributed by atoms with Crippen LogP contribution in [0.1, 0.15) is 58.6 Å². The highest BCUT2D eigenvalue weighted by molar-refractivity contribution is 5.99. The summed E-state index contributed by atoms with van der Waals surface area (Å²) in [5.41, 5.74) is 8.29.